The van der Waals surface area contributed by atoms with Gasteiger partial charge in [0.1, 0.15) is 12.6 Å². The van der Waals surface area contributed by atoms with Crippen LogP contribution in [0.25, 0.3) is 0 Å². The van der Waals surface area contributed by atoms with E-state index in [0.717, 1.165) is 16.6 Å². The second-order valence-electron chi connectivity index (χ2n) is 8.83. The third-order valence-corrected chi connectivity index (χ3v) is 7.32. The number of hydrogen-bond acceptors (Lipinski definition) is 6. The van der Waals surface area contributed by atoms with Gasteiger partial charge in [0.2, 0.25) is 21.8 Å². The smallest absolute Gasteiger partial charge is 0.271 e. The summed E-state index contributed by atoms with van der Waals surface area (Å²) in [7, 11) is -4.04. The average molecular weight is 573 g/mol. The van der Waals surface area contributed by atoms with Crippen molar-refractivity contribution >= 4 is 56.4 Å². The monoisotopic (exact) mass is 572 g/mol. The maximum Gasteiger partial charge on any atom is 0.271 e. The van der Waals surface area contributed by atoms with E-state index in [2.05, 4.69) is 5.32 Å². The van der Waals surface area contributed by atoms with Crippen LogP contribution < -0.4 is 9.62 Å². The van der Waals surface area contributed by atoms with Crippen molar-refractivity contribution in [3.05, 3.63) is 68.2 Å². The quantitative estimate of drug-likeness (QED) is 0.299. The summed E-state index contributed by atoms with van der Waals surface area (Å²) in [5.41, 5.74) is 0.00596. The average Bonchev–Trinajstić information content (AvgIpc) is 2.81. The van der Waals surface area contributed by atoms with Crippen LogP contribution >= 0.6 is 23.2 Å². The van der Waals surface area contributed by atoms with Crippen molar-refractivity contribution in [3.8, 4) is 0 Å². The molecule has 0 aliphatic carbocycles. The van der Waals surface area contributed by atoms with Crippen LogP contribution in [-0.4, -0.2) is 55.4 Å². The number of sulfonamides is 1. The standard InChI is InChI=1S/C24H30Cl2N4O6S/c1-5-22(24(32)27-13-16(2)3)28(14-19-20(25)10-7-11-21(19)26)23(31)15-29(37(4,35)36)17-8-6-9-18(12-17)30(33)34/h6-12,16,22H,5,13-15H2,1-4H3,(H,27,32)/t22-/m0/s1. The zero-order valence-corrected chi connectivity index (χ0v) is 23.3. The maximum absolute atomic E-state index is 13.7. The first-order valence-corrected chi connectivity index (χ1v) is 14.1. The Hall–Kier alpha value is -2.89. The van der Waals surface area contributed by atoms with Crippen LogP contribution in [0.5, 0.6) is 0 Å². The number of nitrogens with one attached hydrogen (secondary N) is 1. The number of carbonyl (C=O) groups excluding carboxylic acids is 2. The second kappa shape index (κ2) is 13.1. The zero-order valence-electron chi connectivity index (χ0n) is 21.0. The van der Waals surface area contributed by atoms with Gasteiger partial charge in [-0.25, -0.2) is 8.42 Å². The summed E-state index contributed by atoms with van der Waals surface area (Å²) in [6.45, 7) is 5.11. The Kier molecular flexibility index (Phi) is 10.7. The van der Waals surface area contributed by atoms with E-state index in [4.69, 9.17) is 23.2 Å². The highest BCUT2D eigenvalue weighted by atomic mass is 35.5. The molecule has 2 rings (SSSR count). The lowest BCUT2D eigenvalue weighted by atomic mass is 10.1. The minimum absolute atomic E-state index is 0.0573. The van der Waals surface area contributed by atoms with Crippen LogP contribution in [0, 0.1) is 16.0 Å². The molecule has 0 saturated heterocycles. The van der Waals surface area contributed by atoms with Gasteiger partial charge in [0.05, 0.1) is 16.9 Å². The predicted molar refractivity (Wildman–Crippen MR) is 144 cm³/mol. The first-order valence-electron chi connectivity index (χ1n) is 11.5. The van der Waals surface area contributed by atoms with Gasteiger partial charge in [-0.3, -0.25) is 24.0 Å². The topological polar surface area (TPSA) is 130 Å². The Morgan fingerprint density at radius 3 is 2.22 bits per heavy atom. The first kappa shape index (κ1) is 30.3. The van der Waals surface area contributed by atoms with Crippen LogP contribution in [0.1, 0.15) is 32.8 Å². The number of nitro benzene ring substituents is 1. The van der Waals surface area contributed by atoms with E-state index in [9.17, 15) is 28.1 Å². The molecule has 0 fully saturated rings. The number of nitrogens with zero attached hydrogens (tertiary/aromatic N) is 3. The van der Waals surface area contributed by atoms with Crippen LogP contribution in [0.3, 0.4) is 0 Å². The molecule has 1 atom stereocenters. The number of nitro groups is 1. The fourth-order valence-corrected chi connectivity index (χ4v) is 4.93. The number of halogens is 2. The SMILES string of the molecule is CC[C@@H](C(=O)NCC(C)C)N(Cc1c(Cl)cccc1Cl)C(=O)CN(c1cccc([N+](=O)[O-])c1)S(C)(=O)=O. The number of amides is 2. The van der Waals surface area contributed by atoms with E-state index in [1.54, 1.807) is 25.1 Å². The summed E-state index contributed by atoms with van der Waals surface area (Å²) in [4.78, 5) is 38.6. The lowest BCUT2D eigenvalue weighted by molar-refractivity contribution is -0.384. The molecule has 0 aliphatic rings. The van der Waals surface area contributed by atoms with Crippen molar-refractivity contribution < 1.29 is 22.9 Å². The van der Waals surface area contributed by atoms with E-state index < -0.39 is 39.3 Å². The van der Waals surface area contributed by atoms with Gasteiger partial charge in [0.15, 0.2) is 0 Å². The van der Waals surface area contributed by atoms with E-state index in [-0.39, 0.29) is 40.3 Å². The second-order valence-corrected chi connectivity index (χ2v) is 11.6. The van der Waals surface area contributed by atoms with Crippen molar-refractivity contribution in [1.82, 2.24) is 10.2 Å². The van der Waals surface area contributed by atoms with Gasteiger partial charge < -0.3 is 10.2 Å². The number of hydrogen-bond donors (Lipinski definition) is 1. The molecule has 0 aromatic heterocycles. The lowest BCUT2D eigenvalue weighted by Gasteiger charge is -2.33. The minimum Gasteiger partial charge on any atom is -0.354 e. The van der Waals surface area contributed by atoms with Gasteiger partial charge in [-0.05, 0) is 30.5 Å². The zero-order chi connectivity index (χ0) is 27.9. The highest BCUT2D eigenvalue weighted by Gasteiger charge is 2.33. The Morgan fingerprint density at radius 2 is 1.70 bits per heavy atom. The summed E-state index contributed by atoms with van der Waals surface area (Å²) in [5.74, 6) is -0.952. The van der Waals surface area contributed by atoms with Crippen molar-refractivity contribution in [2.24, 2.45) is 5.92 Å². The highest BCUT2D eigenvalue weighted by molar-refractivity contribution is 7.92. The largest absolute Gasteiger partial charge is 0.354 e. The molecule has 0 radical (unpaired) electrons. The van der Waals surface area contributed by atoms with Crippen LogP contribution in [0.4, 0.5) is 11.4 Å². The number of non-ortho nitro benzene ring substituents is 1. The molecule has 0 unspecified atom stereocenters. The van der Waals surface area contributed by atoms with Crippen molar-refractivity contribution in [2.75, 3.05) is 23.7 Å². The number of rotatable bonds is 12. The summed E-state index contributed by atoms with van der Waals surface area (Å²) in [5, 5.41) is 14.6. The van der Waals surface area contributed by atoms with E-state index in [0.29, 0.717) is 12.1 Å². The van der Waals surface area contributed by atoms with Crippen LogP contribution in [0.2, 0.25) is 10.0 Å². The molecule has 0 spiro atoms. The van der Waals surface area contributed by atoms with Gasteiger partial charge in [-0.15, -0.1) is 0 Å². The predicted octanol–water partition coefficient (Wildman–Crippen LogP) is 4.25. The molecule has 2 aromatic rings. The molecule has 10 nitrogen and oxygen atoms in total. The first-order chi connectivity index (χ1) is 17.3. The van der Waals surface area contributed by atoms with Crippen LogP contribution in [0.15, 0.2) is 42.5 Å². The molecule has 0 saturated carbocycles. The Bertz CT molecular complexity index is 1240. The Morgan fingerprint density at radius 1 is 1.11 bits per heavy atom. The number of anilines is 1. The molecule has 2 amide bonds. The van der Waals surface area contributed by atoms with Gasteiger partial charge in [-0.2, -0.15) is 0 Å². The summed E-state index contributed by atoms with van der Waals surface area (Å²) >= 11 is 12.7. The molecular weight excluding hydrogens is 543 g/mol. The molecule has 37 heavy (non-hydrogen) atoms. The maximum atomic E-state index is 13.7. The fraction of sp³-hybridized carbons (Fsp3) is 0.417. The van der Waals surface area contributed by atoms with E-state index in [1.807, 2.05) is 13.8 Å². The van der Waals surface area contributed by atoms with Crippen molar-refractivity contribution in [2.45, 2.75) is 39.8 Å². The normalized spacial score (nSPS) is 12.2. The lowest BCUT2D eigenvalue weighted by Crippen LogP contribution is -2.52. The van der Waals surface area contributed by atoms with Crippen molar-refractivity contribution in [1.29, 1.82) is 0 Å². The number of benzene rings is 2. The van der Waals surface area contributed by atoms with Crippen molar-refractivity contribution in [3.63, 3.8) is 0 Å². The molecule has 0 bridgehead atoms. The van der Waals surface area contributed by atoms with Gasteiger partial charge >= 0.3 is 0 Å². The molecule has 0 aliphatic heterocycles. The molecule has 0 heterocycles. The van der Waals surface area contributed by atoms with Gasteiger partial charge in [0, 0.05) is 40.8 Å². The minimum atomic E-state index is -4.04. The molecule has 2 aromatic carbocycles. The molecular formula is C24H30Cl2N4O6S. The van der Waals surface area contributed by atoms with Gasteiger partial charge in [0.25, 0.3) is 5.69 Å². The third-order valence-electron chi connectivity index (χ3n) is 5.47. The fourth-order valence-electron chi connectivity index (χ4n) is 3.57. The number of carbonyl (C=O) groups is 2. The third kappa shape index (κ3) is 8.31. The molecule has 13 heteroatoms. The van der Waals surface area contributed by atoms with Gasteiger partial charge in [-0.1, -0.05) is 56.1 Å². The Balaban J connectivity index is 2.52. The molecule has 1 N–H and O–H groups in total. The summed E-state index contributed by atoms with van der Waals surface area (Å²) < 4.78 is 26.1. The van der Waals surface area contributed by atoms with E-state index >= 15 is 0 Å². The van der Waals surface area contributed by atoms with E-state index in [1.165, 1.54) is 23.1 Å². The Labute approximate surface area is 226 Å². The van der Waals surface area contributed by atoms with Crippen LogP contribution in [-0.2, 0) is 26.2 Å². The summed E-state index contributed by atoms with van der Waals surface area (Å²) in [6, 6.07) is 8.83. The molecule has 202 valence electrons. The highest BCUT2D eigenvalue weighted by Crippen LogP contribution is 2.28. The summed E-state index contributed by atoms with van der Waals surface area (Å²) in [6.07, 6.45) is 1.12.